The van der Waals surface area contributed by atoms with Crippen LogP contribution in [-0.2, 0) is 0 Å². The minimum absolute atomic E-state index is 0.282. The van der Waals surface area contributed by atoms with Gasteiger partial charge in [0.15, 0.2) is 5.16 Å². The third kappa shape index (κ3) is 2.51. The van der Waals surface area contributed by atoms with Gasteiger partial charge in [-0.05, 0) is 11.8 Å². The maximum atomic E-state index is 5.83. The fourth-order valence-corrected chi connectivity index (χ4v) is 1.97. The van der Waals surface area contributed by atoms with Gasteiger partial charge in [0.05, 0.1) is 7.11 Å². The van der Waals surface area contributed by atoms with E-state index in [1.54, 1.807) is 0 Å². The predicted octanol–water partition coefficient (Wildman–Crippen LogP) is 0.173. The van der Waals surface area contributed by atoms with E-state index in [-0.39, 0.29) is 11.6 Å². The minimum atomic E-state index is 0.282. The maximum Gasteiger partial charge on any atom is 0.241 e. The molecular formula is C9H11N7OS. The molecule has 0 bridgehead atoms. The highest BCUT2D eigenvalue weighted by atomic mass is 32.2. The van der Waals surface area contributed by atoms with Crippen LogP contribution in [0.25, 0.3) is 0 Å². The van der Waals surface area contributed by atoms with Gasteiger partial charge in [-0.25, -0.2) is 15.0 Å². The first kappa shape index (κ1) is 12.2. The highest BCUT2D eigenvalue weighted by Crippen LogP contribution is 2.32. The van der Waals surface area contributed by atoms with Gasteiger partial charge in [-0.1, -0.05) is 0 Å². The summed E-state index contributed by atoms with van der Waals surface area (Å²) in [7, 11) is 1.47. The second-order valence-corrected chi connectivity index (χ2v) is 4.16. The minimum Gasteiger partial charge on any atom is -0.479 e. The molecule has 0 atom stereocenters. The molecule has 8 nitrogen and oxygen atoms in total. The lowest BCUT2D eigenvalue weighted by Gasteiger charge is -2.07. The van der Waals surface area contributed by atoms with Gasteiger partial charge in [0.2, 0.25) is 5.88 Å². The molecule has 0 aliphatic heterocycles. The molecule has 2 rings (SSSR count). The number of methoxy groups -OCH3 is 1. The normalized spacial score (nSPS) is 10.3. The molecule has 0 aromatic carbocycles. The fourth-order valence-electron chi connectivity index (χ4n) is 1.20. The molecule has 0 fully saturated rings. The summed E-state index contributed by atoms with van der Waals surface area (Å²) in [5, 5.41) is 0.840. The van der Waals surface area contributed by atoms with E-state index in [0.29, 0.717) is 21.7 Å². The number of ether oxygens (including phenoxy) is 1. The van der Waals surface area contributed by atoms with Crippen molar-refractivity contribution < 1.29 is 4.74 Å². The van der Waals surface area contributed by atoms with E-state index in [9.17, 15) is 0 Å². The summed E-state index contributed by atoms with van der Waals surface area (Å²) < 4.78 is 4.99. The highest BCUT2D eigenvalue weighted by molar-refractivity contribution is 7.99. The highest BCUT2D eigenvalue weighted by Gasteiger charge is 2.12. The molecule has 94 valence electrons. The summed E-state index contributed by atoms with van der Waals surface area (Å²) in [5.41, 5.74) is 17.3. The Morgan fingerprint density at radius 2 is 1.78 bits per heavy atom. The number of nitrogens with zero attached hydrogens (tertiary/aromatic N) is 4. The zero-order valence-electron chi connectivity index (χ0n) is 9.49. The van der Waals surface area contributed by atoms with Crippen LogP contribution in [0.2, 0.25) is 0 Å². The van der Waals surface area contributed by atoms with Crippen LogP contribution in [0, 0.1) is 0 Å². The topological polar surface area (TPSA) is 139 Å². The summed E-state index contributed by atoms with van der Waals surface area (Å²) in [5.74, 6) is 0.860. The Morgan fingerprint density at radius 3 is 2.39 bits per heavy atom. The van der Waals surface area contributed by atoms with Gasteiger partial charge in [-0.3, -0.25) is 0 Å². The molecule has 0 unspecified atom stereocenters. The van der Waals surface area contributed by atoms with Gasteiger partial charge in [0, 0.05) is 6.07 Å². The second kappa shape index (κ2) is 4.92. The Kier molecular flexibility index (Phi) is 3.33. The van der Waals surface area contributed by atoms with Crippen LogP contribution >= 0.6 is 11.8 Å². The van der Waals surface area contributed by atoms with Gasteiger partial charge >= 0.3 is 0 Å². The van der Waals surface area contributed by atoms with Crippen LogP contribution in [0.5, 0.6) is 5.88 Å². The van der Waals surface area contributed by atoms with Gasteiger partial charge in [0.1, 0.15) is 28.7 Å². The molecule has 0 radical (unpaired) electrons. The molecule has 0 aliphatic rings. The third-order valence-electron chi connectivity index (χ3n) is 1.94. The second-order valence-electron chi connectivity index (χ2n) is 3.20. The lowest BCUT2D eigenvalue weighted by molar-refractivity contribution is 0.397. The van der Waals surface area contributed by atoms with Gasteiger partial charge in [-0.2, -0.15) is 4.98 Å². The first-order chi connectivity index (χ1) is 8.60. The Balaban J connectivity index is 2.34. The number of aromatic nitrogens is 4. The largest absolute Gasteiger partial charge is 0.479 e. The van der Waals surface area contributed by atoms with E-state index in [2.05, 4.69) is 19.9 Å². The van der Waals surface area contributed by atoms with Crippen molar-refractivity contribution in [2.75, 3.05) is 24.3 Å². The first-order valence-corrected chi connectivity index (χ1v) is 5.64. The van der Waals surface area contributed by atoms with E-state index >= 15 is 0 Å². The number of rotatable bonds is 3. The summed E-state index contributed by atoms with van der Waals surface area (Å²) >= 11 is 1.13. The standard InChI is InChI=1S/C9H11N7OS/c1-17-7-6(12)8(14-3-13-7)18-9-15-4(10)2-5(11)16-9/h2-3H,12H2,1H3,(H4,10,11,15,16). The Morgan fingerprint density at radius 1 is 1.11 bits per heavy atom. The maximum absolute atomic E-state index is 5.83. The molecule has 2 aromatic rings. The van der Waals surface area contributed by atoms with Crippen LogP contribution in [0.3, 0.4) is 0 Å². The summed E-state index contributed by atoms with van der Waals surface area (Å²) in [6.45, 7) is 0. The van der Waals surface area contributed by atoms with Crippen LogP contribution in [0.4, 0.5) is 17.3 Å². The van der Waals surface area contributed by atoms with Crippen molar-refractivity contribution in [1.82, 2.24) is 19.9 Å². The first-order valence-electron chi connectivity index (χ1n) is 4.82. The average molecular weight is 265 g/mol. The monoisotopic (exact) mass is 265 g/mol. The molecule has 9 heteroatoms. The van der Waals surface area contributed by atoms with Crippen LogP contribution in [0.1, 0.15) is 0 Å². The smallest absolute Gasteiger partial charge is 0.241 e. The van der Waals surface area contributed by atoms with Gasteiger partial charge in [-0.15, -0.1) is 0 Å². The third-order valence-corrected chi connectivity index (χ3v) is 2.82. The Labute approximate surface area is 107 Å². The molecule has 0 spiro atoms. The van der Waals surface area contributed by atoms with E-state index in [4.69, 9.17) is 21.9 Å². The van der Waals surface area contributed by atoms with Crippen LogP contribution in [-0.4, -0.2) is 27.0 Å². The molecule has 2 aromatic heterocycles. The van der Waals surface area contributed by atoms with Crippen molar-refractivity contribution in [2.45, 2.75) is 10.2 Å². The molecule has 6 N–H and O–H groups in total. The summed E-state index contributed by atoms with van der Waals surface area (Å²) in [6.07, 6.45) is 1.34. The molecule has 0 saturated carbocycles. The van der Waals surface area contributed by atoms with Crippen LogP contribution < -0.4 is 21.9 Å². The number of nitrogen functional groups attached to an aromatic ring is 3. The Bertz CT molecular complexity index is 557. The SMILES string of the molecule is COc1ncnc(Sc2nc(N)cc(N)n2)c1N. The van der Waals surface area contributed by atoms with Gasteiger partial charge in [0.25, 0.3) is 0 Å². The predicted molar refractivity (Wildman–Crippen MR) is 68.0 cm³/mol. The van der Waals surface area contributed by atoms with E-state index in [0.717, 1.165) is 11.8 Å². The Hall–Kier alpha value is -2.29. The van der Waals surface area contributed by atoms with Crippen LogP contribution in [0.15, 0.2) is 22.6 Å². The van der Waals surface area contributed by atoms with Crippen molar-refractivity contribution in [3.8, 4) is 5.88 Å². The molecular weight excluding hydrogens is 254 g/mol. The summed E-state index contributed by atoms with van der Waals surface area (Å²) in [4.78, 5) is 15.9. The van der Waals surface area contributed by atoms with Crippen molar-refractivity contribution >= 4 is 29.1 Å². The number of anilines is 3. The van der Waals surface area contributed by atoms with Crippen molar-refractivity contribution in [3.63, 3.8) is 0 Å². The lowest BCUT2D eigenvalue weighted by atomic mass is 10.5. The average Bonchev–Trinajstić information content (AvgIpc) is 2.30. The molecule has 0 aliphatic carbocycles. The lowest BCUT2D eigenvalue weighted by Crippen LogP contribution is -2.02. The number of hydrogen-bond acceptors (Lipinski definition) is 9. The molecule has 2 heterocycles. The van der Waals surface area contributed by atoms with Gasteiger partial charge < -0.3 is 21.9 Å². The quantitative estimate of drug-likeness (QED) is 0.523. The number of nitrogens with two attached hydrogens (primary N) is 3. The van der Waals surface area contributed by atoms with Crippen molar-refractivity contribution in [1.29, 1.82) is 0 Å². The molecule has 0 saturated heterocycles. The van der Waals surface area contributed by atoms with E-state index < -0.39 is 0 Å². The fraction of sp³-hybridized carbons (Fsp3) is 0.111. The number of hydrogen-bond donors (Lipinski definition) is 3. The molecule has 0 amide bonds. The zero-order valence-corrected chi connectivity index (χ0v) is 10.3. The van der Waals surface area contributed by atoms with E-state index in [1.165, 1.54) is 19.5 Å². The van der Waals surface area contributed by atoms with Crippen molar-refractivity contribution in [3.05, 3.63) is 12.4 Å². The van der Waals surface area contributed by atoms with Crippen molar-refractivity contribution in [2.24, 2.45) is 0 Å². The molecule has 18 heavy (non-hydrogen) atoms. The van der Waals surface area contributed by atoms with E-state index in [1.807, 2.05) is 0 Å². The summed E-state index contributed by atoms with van der Waals surface area (Å²) in [6, 6.07) is 1.47. The zero-order chi connectivity index (χ0) is 13.1.